The molecule has 2 aromatic rings. The minimum atomic E-state index is -0.310. The number of imidazole rings is 1. The average Bonchev–Trinajstić information content (AvgIpc) is 3.11. The van der Waals surface area contributed by atoms with Crippen LogP contribution in [0.25, 0.3) is 0 Å². The summed E-state index contributed by atoms with van der Waals surface area (Å²) in [5.41, 5.74) is 0.988. The van der Waals surface area contributed by atoms with Gasteiger partial charge in [-0.2, -0.15) is 0 Å². The van der Waals surface area contributed by atoms with E-state index in [1.54, 1.807) is 13.3 Å². The summed E-state index contributed by atoms with van der Waals surface area (Å²) in [7, 11) is 3.62. The number of ether oxygens (including phenoxy) is 1. The number of aromatic nitrogens is 2. The van der Waals surface area contributed by atoms with Gasteiger partial charge in [-0.1, -0.05) is 31.4 Å². The Bertz CT molecular complexity index is 859. The highest BCUT2D eigenvalue weighted by Gasteiger charge is 2.26. The predicted octanol–water partition coefficient (Wildman–Crippen LogP) is 3.82. The quantitative estimate of drug-likeness (QED) is 0.743. The molecule has 32 heavy (non-hydrogen) atoms. The SMILES string of the molecule is COc1ccc(C(NC(=O)N2CCCN(CC3CCCCC3)CC2)c2nccn2C)cc1. The first kappa shape index (κ1) is 22.6. The number of methoxy groups -OCH3 is 1. The molecule has 1 N–H and O–H groups in total. The van der Waals surface area contributed by atoms with Crippen LogP contribution >= 0.6 is 0 Å². The highest BCUT2D eigenvalue weighted by molar-refractivity contribution is 5.75. The molecule has 1 aromatic carbocycles. The summed E-state index contributed by atoms with van der Waals surface area (Å²) in [5.74, 6) is 2.45. The first-order chi connectivity index (χ1) is 15.6. The van der Waals surface area contributed by atoms with E-state index in [2.05, 4.69) is 15.2 Å². The fraction of sp³-hybridized carbons (Fsp3) is 0.600. The van der Waals surface area contributed by atoms with Crippen molar-refractivity contribution >= 4 is 6.03 Å². The zero-order valence-corrected chi connectivity index (χ0v) is 19.5. The molecule has 0 bridgehead atoms. The smallest absolute Gasteiger partial charge is 0.318 e. The van der Waals surface area contributed by atoms with Crippen molar-refractivity contribution in [1.82, 2.24) is 24.7 Å². The fourth-order valence-corrected chi connectivity index (χ4v) is 5.05. The van der Waals surface area contributed by atoms with Crippen LogP contribution in [0.2, 0.25) is 0 Å². The van der Waals surface area contributed by atoms with Crippen LogP contribution in [0.1, 0.15) is 56.0 Å². The standard InChI is InChI=1S/C25H37N5O2/c1-28-16-13-26-24(28)23(21-9-11-22(32-2)12-10-21)27-25(31)30-15-6-14-29(17-18-30)19-20-7-4-3-5-8-20/h9-13,16,20,23H,3-8,14-15,17-19H2,1-2H3,(H,27,31). The average molecular weight is 440 g/mol. The highest BCUT2D eigenvalue weighted by atomic mass is 16.5. The second-order valence-electron chi connectivity index (χ2n) is 9.20. The van der Waals surface area contributed by atoms with Crippen molar-refractivity contribution in [3.05, 3.63) is 48.0 Å². The van der Waals surface area contributed by atoms with Crippen molar-refractivity contribution in [2.24, 2.45) is 13.0 Å². The third kappa shape index (κ3) is 5.63. The number of amides is 2. The Kier molecular flexibility index (Phi) is 7.68. The van der Waals surface area contributed by atoms with Crippen molar-refractivity contribution < 1.29 is 9.53 Å². The van der Waals surface area contributed by atoms with Crippen LogP contribution < -0.4 is 10.1 Å². The lowest BCUT2D eigenvalue weighted by Gasteiger charge is -2.29. The van der Waals surface area contributed by atoms with Gasteiger partial charge in [0.05, 0.1) is 7.11 Å². The summed E-state index contributed by atoms with van der Waals surface area (Å²) >= 11 is 0. The van der Waals surface area contributed by atoms with Crippen LogP contribution in [0.4, 0.5) is 4.79 Å². The van der Waals surface area contributed by atoms with E-state index in [1.165, 1.54) is 38.6 Å². The normalized spacial score (nSPS) is 19.4. The van der Waals surface area contributed by atoms with Crippen LogP contribution in [0, 0.1) is 5.92 Å². The monoisotopic (exact) mass is 439 g/mol. The third-order valence-electron chi connectivity index (χ3n) is 6.95. The Balaban J connectivity index is 1.40. The van der Waals surface area contributed by atoms with E-state index in [0.717, 1.165) is 55.7 Å². The maximum atomic E-state index is 13.3. The Hall–Kier alpha value is -2.54. The Labute approximate surface area is 191 Å². The number of urea groups is 1. The first-order valence-corrected chi connectivity index (χ1v) is 12.0. The van der Waals surface area contributed by atoms with Crippen LogP contribution in [-0.2, 0) is 7.05 Å². The number of carbonyl (C=O) groups excluding carboxylic acids is 1. The van der Waals surface area contributed by atoms with E-state index in [0.29, 0.717) is 0 Å². The second kappa shape index (κ2) is 10.9. The summed E-state index contributed by atoms with van der Waals surface area (Å²) in [4.78, 5) is 22.4. The maximum absolute atomic E-state index is 13.3. The van der Waals surface area contributed by atoms with Crippen LogP contribution in [-0.4, -0.2) is 65.2 Å². The molecular formula is C25H37N5O2. The number of aryl methyl sites for hydroxylation is 1. The van der Waals surface area contributed by atoms with Gasteiger partial charge in [-0.05, 0) is 49.4 Å². The minimum Gasteiger partial charge on any atom is -0.497 e. The van der Waals surface area contributed by atoms with Crippen molar-refractivity contribution in [2.45, 2.75) is 44.6 Å². The molecule has 0 spiro atoms. The number of nitrogens with one attached hydrogen (secondary N) is 1. The number of nitrogens with zero attached hydrogens (tertiary/aromatic N) is 4. The Morgan fingerprint density at radius 3 is 2.56 bits per heavy atom. The Morgan fingerprint density at radius 1 is 1.09 bits per heavy atom. The summed E-state index contributed by atoms with van der Waals surface area (Å²) in [6, 6.07) is 7.50. The zero-order chi connectivity index (χ0) is 22.3. The topological polar surface area (TPSA) is 62.6 Å². The van der Waals surface area contributed by atoms with Crippen molar-refractivity contribution in [3.8, 4) is 5.75 Å². The summed E-state index contributed by atoms with van der Waals surface area (Å²) in [5, 5.41) is 3.25. The number of benzene rings is 1. The summed E-state index contributed by atoms with van der Waals surface area (Å²) in [6.07, 6.45) is 11.6. The van der Waals surface area contributed by atoms with E-state index in [9.17, 15) is 4.79 Å². The summed E-state index contributed by atoms with van der Waals surface area (Å²) < 4.78 is 7.26. The van der Waals surface area contributed by atoms with Crippen molar-refractivity contribution in [2.75, 3.05) is 39.8 Å². The highest BCUT2D eigenvalue weighted by Crippen LogP contribution is 2.25. The first-order valence-electron chi connectivity index (χ1n) is 12.0. The molecule has 1 saturated heterocycles. The lowest BCUT2D eigenvalue weighted by Crippen LogP contribution is -2.44. The molecule has 1 aliphatic carbocycles. The van der Waals surface area contributed by atoms with Gasteiger partial charge in [-0.3, -0.25) is 0 Å². The molecule has 1 saturated carbocycles. The van der Waals surface area contributed by atoms with Gasteiger partial charge in [0.2, 0.25) is 0 Å². The molecule has 1 unspecified atom stereocenters. The van der Waals surface area contributed by atoms with E-state index >= 15 is 0 Å². The molecule has 7 heteroatoms. The Morgan fingerprint density at radius 2 is 1.88 bits per heavy atom. The molecule has 1 atom stereocenters. The van der Waals surface area contributed by atoms with E-state index < -0.39 is 0 Å². The van der Waals surface area contributed by atoms with E-state index in [4.69, 9.17) is 4.74 Å². The number of hydrogen-bond acceptors (Lipinski definition) is 4. The number of rotatable bonds is 6. The molecule has 2 aliphatic rings. The molecule has 4 rings (SSSR count). The number of hydrogen-bond donors (Lipinski definition) is 1. The largest absolute Gasteiger partial charge is 0.497 e. The van der Waals surface area contributed by atoms with Gasteiger partial charge < -0.3 is 24.4 Å². The van der Waals surface area contributed by atoms with Gasteiger partial charge in [0.25, 0.3) is 0 Å². The van der Waals surface area contributed by atoms with Gasteiger partial charge >= 0.3 is 6.03 Å². The maximum Gasteiger partial charge on any atom is 0.318 e. The van der Waals surface area contributed by atoms with Gasteiger partial charge in [-0.15, -0.1) is 0 Å². The molecule has 174 valence electrons. The van der Waals surface area contributed by atoms with Gasteiger partial charge in [0, 0.05) is 45.6 Å². The van der Waals surface area contributed by atoms with E-state index in [1.807, 2.05) is 47.0 Å². The molecule has 7 nitrogen and oxygen atoms in total. The van der Waals surface area contributed by atoms with Gasteiger partial charge in [0.15, 0.2) is 0 Å². The third-order valence-corrected chi connectivity index (χ3v) is 6.95. The van der Waals surface area contributed by atoms with Crippen LogP contribution in [0.5, 0.6) is 5.75 Å². The van der Waals surface area contributed by atoms with E-state index in [-0.39, 0.29) is 12.1 Å². The van der Waals surface area contributed by atoms with Crippen LogP contribution in [0.15, 0.2) is 36.7 Å². The van der Waals surface area contributed by atoms with Crippen LogP contribution in [0.3, 0.4) is 0 Å². The lowest BCUT2D eigenvalue weighted by atomic mass is 9.89. The van der Waals surface area contributed by atoms with Gasteiger partial charge in [-0.25, -0.2) is 9.78 Å². The summed E-state index contributed by atoms with van der Waals surface area (Å²) in [6.45, 7) is 4.80. The van der Waals surface area contributed by atoms with Crippen molar-refractivity contribution in [3.63, 3.8) is 0 Å². The molecule has 0 radical (unpaired) electrons. The molecule has 1 aromatic heterocycles. The van der Waals surface area contributed by atoms with Gasteiger partial charge in [0.1, 0.15) is 17.6 Å². The molecule has 1 aliphatic heterocycles. The molecule has 2 amide bonds. The second-order valence-corrected chi connectivity index (χ2v) is 9.20. The lowest BCUT2D eigenvalue weighted by molar-refractivity contribution is 0.188. The molecular weight excluding hydrogens is 402 g/mol. The predicted molar refractivity (Wildman–Crippen MR) is 126 cm³/mol. The molecule has 2 fully saturated rings. The zero-order valence-electron chi connectivity index (χ0n) is 19.5. The number of carbonyl (C=O) groups is 1. The molecule has 2 heterocycles. The minimum absolute atomic E-state index is 0.0201. The fourth-order valence-electron chi connectivity index (χ4n) is 5.05. The van der Waals surface area contributed by atoms with Crippen molar-refractivity contribution in [1.29, 1.82) is 0 Å².